The average Bonchev–Trinajstić information content (AvgIpc) is 3.40. The van der Waals surface area contributed by atoms with E-state index in [4.69, 9.17) is 4.74 Å². The van der Waals surface area contributed by atoms with Crippen molar-refractivity contribution in [3.63, 3.8) is 0 Å². The SMILES string of the molecule is COc1ccn2c(C(C)=O)cc(C(=O)Nc3cccc(-c4cnn(C(C)C)c4)c3F)c2c1. The third kappa shape index (κ3) is 3.75. The Hall–Kier alpha value is -3.94. The lowest BCUT2D eigenvalue weighted by molar-refractivity contribution is 0.101. The highest BCUT2D eigenvalue weighted by Gasteiger charge is 2.20. The van der Waals surface area contributed by atoms with E-state index in [2.05, 4.69) is 10.4 Å². The van der Waals surface area contributed by atoms with E-state index in [9.17, 15) is 9.59 Å². The highest BCUT2D eigenvalue weighted by molar-refractivity contribution is 6.11. The summed E-state index contributed by atoms with van der Waals surface area (Å²) in [5.41, 5.74) is 2.07. The molecule has 0 saturated heterocycles. The van der Waals surface area contributed by atoms with Gasteiger partial charge in [-0.15, -0.1) is 0 Å². The number of carbonyl (C=O) groups excluding carboxylic acids is 2. The van der Waals surface area contributed by atoms with Gasteiger partial charge in [0.15, 0.2) is 11.6 Å². The van der Waals surface area contributed by atoms with Crippen LogP contribution in [0.5, 0.6) is 5.75 Å². The van der Waals surface area contributed by atoms with Gasteiger partial charge in [0.1, 0.15) is 5.75 Å². The van der Waals surface area contributed by atoms with Crippen molar-refractivity contribution in [1.82, 2.24) is 14.2 Å². The molecule has 164 valence electrons. The maximum atomic E-state index is 15.3. The van der Waals surface area contributed by atoms with Gasteiger partial charge in [0.05, 0.1) is 35.8 Å². The fourth-order valence-electron chi connectivity index (χ4n) is 3.56. The van der Waals surface area contributed by atoms with Gasteiger partial charge in [-0.2, -0.15) is 5.10 Å². The zero-order valence-electron chi connectivity index (χ0n) is 18.2. The number of ether oxygens (including phenoxy) is 1. The minimum absolute atomic E-state index is 0.0384. The summed E-state index contributed by atoms with van der Waals surface area (Å²) in [6, 6.07) is 9.80. The molecule has 0 aliphatic carbocycles. The monoisotopic (exact) mass is 434 g/mol. The molecule has 0 spiro atoms. The van der Waals surface area contributed by atoms with Crippen LogP contribution in [0, 0.1) is 5.82 Å². The summed E-state index contributed by atoms with van der Waals surface area (Å²) in [4.78, 5) is 25.2. The Balaban J connectivity index is 1.72. The number of carbonyl (C=O) groups is 2. The number of aromatic nitrogens is 3. The summed E-state index contributed by atoms with van der Waals surface area (Å²) < 4.78 is 23.9. The van der Waals surface area contributed by atoms with Crippen molar-refractivity contribution in [1.29, 1.82) is 0 Å². The van der Waals surface area contributed by atoms with Crippen LogP contribution in [-0.4, -0.2) is 33.0 Å². The zero-order valence-corrected chi connectivity index (χ0v) is 18.2. The van der Waals surface area contributed by atoms with Crippen LogP contribution < -0.4 is 10.1 Å². The van der Waals surface area contributed by atoms with Crippen LogP contribution in [0.1, 0.15) is 47.7 Å². The minimum Gasteiger partial charge on any atom is -0.497 e. The maximum absolute atomic E-state index is 15.3. The van der Waals surface area contributed by atoms with Crippen molar-refractivity contribution >= 4 is 22.9 Å². The van der Waals surface area contributed by atoms with Gasteiger partial charge in [0.2, 0.25) is 0 Å². The van der Waals surface area contributed by atoms with E-state index in [0.717, 1.165) is 0 Å². The average molecular weight is 434 g/mol. The Morgan fingerprint density at radius 2 is 1.97 bits per heavy atom. The summed E-state index contributed by atoms with van der Waals surface area (Å²) in [5, 5.41) is 6.90. The molecule has 7 nitrogen and oxygen atoms in total. The van der Waals surface area contributed by atoms with Crippen molar-refractivity contribution in [2.45, 2.75) is 26.8 Å². The van der Waals surface area contributed by atoms with Gasteiger partial charge in [0.25, 0.3) is 5.91 Å². The molecule has 0 saturated carbocycles. The van der Waals surface area contributed by atoms with Crippen molar-refractivity contribution in [2.24, 2.45) is 0 Å². The number of benzene rings is 1. The minimum atomic E-state index is -0.558. The molecule has 4 rings (SSSR count). The standard InChI is InChI=1S/C24H23FN4O3/c1-14(2)29-13-16(12-26-29)18-6-5-7-20(23(18)25)27-24(31)19-11-21(15(3)30)28-9-8-17(32-4)10-22(19)28/h5-14H,1-4H3,(H,27,31). The number of fused-ring (bicyclic) bond motifs is 1. The predicted molar refractivity (Wildman–Crippen MR) is 120 cm³/mol. The van der Waals surface area contributed by atoms with E-state index in [1.807, 2.05) is 13.8 Å². The molecule has 0 aliphatic rings. The number of Topliss-reactive ketones (excluding diaryl/α,β-unsaturated/α-hetero) is 1. The first-order chi connectivity index (χ1) is 15.3. The number of ketones is 1. The lowest BCUT2D eigenvalue weighted by Gasteiger charge is -2.09. The molecule has 0 bridgehead atoms. The number of hydrogen-bond donors (Lipinski definition) is 1. The smallest absolute Gasteiger partial charge is 0.257 e. The Morgan fingerprint density at radius 3 is 2.62 bits per heavy atom. The fourth-order valence-corrected chi connectivity index (χ4v) is 3.56. The summed E-state index contributed by atoms with van der Waals surface area (Å²) in [5.74, 6) is -0.746. The second kappa shape index (κ2) is 8.30. The predicted octanol–water partition coefficient (Wildman–Crippen LogP) is 4.99. The second-order valence-corrected chi connectivity index (χ2v) is 7.75. The molecular formula is C24H23FN4O3. The molecule has 32 heavy (non-hydrogen) atoms. The molecule has 3 heterocycles. The zero-order chi connectivity index (χ0) is 23.0. The van der Waals surface area contributed by atoms with E-state index >= 15 is 4.39 Å². The highest BCUT2D eigenvalue weighted by Crippen LogP contribution is 2.29. The van der Waals surface area contributed by atoms with Crippen LogP contribution in [0.4, 0.5) is 10.1 Å². The van der Waals surface area contributed by atoms with Gasteiger partial charge in [-0.1, -0.05) is 12.1 Å². The van der Waals surface area contributed by atoms with Gasteiger partial charge in [-0.3, -0.25) is 14.3 Å². The van der Waals surface area contributed by atoms with Crippen molar-refractivity contribution < 1.29 is 18.7 Å². The molecule has 0 unspecified atom stereocenters. The molecule has 8 heteroatoms. The van der Waals surface area contributed by atoms with Crippen LogP contribution in [-0.2, 0) is 0 Å². The molecule has 0 fully saturated rings. The summed E-state index contributed by atoms with van der Waals surface area (Å²) in [7, 11) is 1.52. The van der Waals surface area contributed by atoms with Gasteiger partial charge < -0.3 is 14.5 Å². The number of methoxy groups -OCH3 is 1. The molecule has 4 aromatic rings. The number of nitrogens with one attached hydrogen (secondary N) is 1. The molecular weight excluding hydrogens is 411 g/mol. The van der Waals surface area contributed by atoms with Crippen molar-refractivity contribution in [3.8, 4) is 16.9 Å². The number of halogens is 1. The first-order valence-electron chi connectivity index (χ1n) is 10.1. The number of pyridine rings is 1. The van der Waals surface area contributed by atoms with Crippen LogP contribution in [0.25, 0.3) is 16.6 Å². The first kappa shape index (κ1) is 21.3. The van der Waals surface area contributed by atoms with E-state index in [1.165, 1.54) is 26.2 Å². The van der Waals surface area contributed by atoms with Gasteiger partial charge in [-0.05, 0) is 32.0 Å². The first-order valence-corrected chi connectivity index (χ1v) is 10.1. The van der Waals surface area contributed by atoms with E-state index in [1.54, 1.807) is 51.9 Å². The van der Waals surface area contributed by atoms with Gasteiger partial charge in [0, 0.05) is 42.6 Å². The fraction of sp³-hybridized carbons (Fsp3) is 0.208. The van der Waals surface area contributed by atoms with Crippen LogP contribution in [0.3, 0.4) is 0 Å². The van der Waals surface area contributed by atoms with E-state index in [-0.39, 0.29) is 23.1 Å². The molecule has 3 aromatic heterocycles. The Labute approximate surface area is 184 Å². The third-order valence-corrected chi connectivity index (χ3v) is 5.27. The maximum Gasteiger partial charge on any atom is 0.257 e. The lowest BCUT2D eigenvalue weighted by atomic mass is 10.1. The quantitative estimate of drug-likeness (QED) is 0.434. The van der Waals surface area contributed by atoms with Crippen LogP contribution >= 0.6 is 0 Å². The van der Waals surface area contributed by atoms with Crippen molar-refractivity contribution in [2.75, 3.05) is 12.4 Å². The highest BCUT2D eigenvalue weighted by atomic mass is 19.1. The number of hydrogen-bond acceptors (Lipinski definition) is 4. The molecule has 1 N–H and O–H groups in total. The topological polar surface area (TPSA) is 77.6 Å². The number of amides is 1. The second-order valence-electron chi connectivity index (χ2n) is 7.75. The summed E-state index contributed by atoms with van der Waals surface area (Å²) in [6.45, 7) is 5.39. The van der Waals surface area contributed by atoms with E-state index in [0.29, 0.717) is 28.1 Å². The molecule has 1 amide bonds. The number of nitrogens with zero attached hydrogens (tertiary/aromatic N) is 3. The number of rotatable bonds is 6. The molecule has 1 aromatic carbocycles. The molecule has 0 aliphatic heterocycles. The Kier molecular flexibility index (Phi) is 5.52. The molecule has 0 atom stereocenters. The van der Waals surface area contributed by atoms with Crippen LogP contribution in [0.2, 0.25) is 0 Å². The normalized spacial score (nSPS) is 11.2. The Bertz CT molecular complexity index is 1340. The van der Waals surface area contributed by atoms with E-state index < -0.39 is 11.7 Å². The summed E-state index contributed by atoms with van der Waals surface area (Å²) in [6.07, 6.45) is 5.02. The largest absolute Gasteiger partial charge is 0.497 e. The van der Waals surface area contributed by atoms with Gasteiger partial charge in [-0.25, -0.2) is 4.39 Å². The van der Waals surface area contributed by atoms with Crippen LogP contribution in [0.15, 0.2) is 55.0 Å². The summed E-state index contributed by atoms with van der Waals surface area (Å²) >= 11 is 0. The Morgan fingerprint density at radius 1 is 1.19 bits per heavy atom. The van der Waals surface area contributed by atoms with Crippen molar-refractivity contribution in [3.05, 3.63) is 72.1 Å². The van der Waals surface area contributed by atoms with Gasteiger partial charge >= 0.3 is 0 Å². The lowest BCUT2D eigenvalue weighted by Crippen LogP contribution is -2.13. The number of anilines is 1. The third-order valence-electron chi connectivity index (χ3n) is 5.27. The molecule has 0 radical (unpaired) electrons.